The quantitative estimate of drug-likeness (QED) is 0.714. The Kier molecular flexibility index (Phi) is 5.18. The molecule has 0 aliphatic carbocycles. The van der Waals surface area contributed by atoms with Gasteiger partial charge in [-0.05, 0) is 18.6 Å². The van der Waals surface area contributed by atoms with E-state index in [0.717, 1.165) is 22.0 Å². The lowest BCUT2D eigenvalue weighted by atomic mass is 10.2. The van der Waals surface area contributed by atoms with Crippen molar-refractivity contribution in [2.24, 2.45) is 0 Å². The SMILES string of the molecule is Cc1ccc(NC(=O)CCNc2nc(-c3ccccc3)cs2)nc1. The van der Waals surface area contributed by atoms with Crippen LogP contribution in [0.2, 0.25) is 0 Å². The summed E-state index contributed by atoms with van der Waals surface area (Å²) in [5, 5.41) is 8.79. The van der Waals surface area contributed by atoms with Gasteiger partial charge in [0.2, 0.25) is 5.91 Å². The fraction of sp³-hybridized carbons (Fsp3) is 0.167. The minimum Gasteiger partial charge on any atom is -0.361 e. The van der Waals surface area contributed by atoms with Crippen molar-refractivity contribution in [2.45, 2.75) is 13.3 Å². The van der Waals surface area contributed by atoms with Crippen molar-refractivity contribution in [3.8, 4) is 11.3 Å². The lowest BCUT2D eigenvalue weighted by molar-refractivity contribution is -0.116. The van der Waals surface area contributed by atoms with Crippen molar-refractivity contribution in [2.75, 3.05) is 17.2 Å². The van der Waals surface area contributed by atoms with Crippen molar-refractivity contribution in [3.05, 3.63) is 59.6 Å². The van der Waals surface area contributed by atoms with Crippen LogP contribution in [-0.2, 0) is 4.79 Å². The number of aromatic nitrogens is 2. The van der Waals surface area contributed by atoms with Crippen molar-refractivity contribution in [1.29, 1.82) is 0 Å². The molecule has 1 amide bonds. The first kappa shape index (κ1) is 16.1. The van der Waals surface area contributed by atoms with Gasteiger partial charge in [0.1, 0.15) is 5.82 Å². The van der Waals surface area contributed by atoms with Crippen LogP contribution in [0.5, 0.6) is 0 Å². The second-order valence-electron chi connectivity index (χ2n) is 5.35. The number of anilines is 2. The Balaban J connectivity index is 1.47. The fourth-order valence-corrected chi connectivity index (χ4v) is 2.87. The van der Waals surface area contributed by atoms with Crippen LogP contribution >= 0.6 is 11.3 Å². The number of benzene rings is 1. The number of nitrogens with zero attached hydrogens (tertiary/aromatic N) is 2. The molecule has 2 heterocycles. The number of hydrogen-bond donors (Lipinski definition) is 2. The number of aryl methyl sites for hydroxylation is 1. The number of carbonyl (C=O) groups is 1. The van der Waals surface area contributed by atoms with Crippen LogP contribution in [0.4, 0.5) is 10.9 Å². The predicted molar refractivity (Wildman–Crippen MR) is 98.3 cm³/mol. The highest BCUT2D eigenvalue weighted by atomic mass is 32.1. The first-order valence-corrected chi connectivity index (χ1v) is 8.56. The molecule has 122 valence electrons. The van der Waals surface area contributed by atoms with Gasteiger partial charge in [0.25, 0.3) is 0 Å². The number of hydrogen-bond acceptors (Lipinski definition) is 5. The molecule has 5 nitrogen and oxygen atoms in total. The van der Waals surface area contributed by atoms with Gasteiger partial charge in [0.05, 0.1) is 5.69 Å². The summed E-state index contributed by atoms with van der Waals surface area (Å²) in [5.41, 5.74) is 3.09. The minimum atomic E-state index is -0.0707. The molecule has 0 saturated heterocycles. The molecule has 0 aliphatic heterocycles. The van der Waals surface area contributed by atoms with Crippen LogP contribution < -0.4 is 10.6 Å². The molecule has 0 bridgehead atoms. The normalized spacial score (nSPS) is 10.4. The summed E-state index contributed by atoms with van der Waals surface area (Å²) < 4.78 is 0. The molecule has 1 aromatic carbocycles. The number of rotatable bonds is 6. The Labute approximate surface area is 144 Å². The summed E-state index contributed by atoms with van der Waals surface area (Å²) in [5.74, 6) is 0.505. The van der Waals surface area contributed by atoms with E-state index in [0.29, 0.717) is 18.8 Å². The third kappa shape index (κ3) is 4.39. The lowest BCUT2D eigenvalue weighted by Crippen LogP contribution is -2.16. The van der Waals surface area contributed by atoms with E-state index in [2.05, 4.69) is 20.6 Å². The molecule has 0 atom stereocenters. The standard InChI is InChI=1S/C18H18N4OS/c1-13-7-8-16(20-11-13)22-17(23)9-10-19-18-21-15(12-24-18)14-5-3-2-4-6-14/h2-8,11-12H,9-10H2,1H3,(H,19,21)(H,20,22,23). The predicted octanol–water partition coefficient (Wildman–Crippen LogP) is 3.95. The van der Waals surface area contributed by atoms with Gasteiger partial charge in [-0.3, -0.25) is 4.79 Å². The maximum absolute atomic E-state index is 11.9. The van der Waals surface area contributed by atoms with Gasteiger partial charge >= 0.3 is 0 Å². The minimum absolute atomic E-state index is 0.0707. The van der Waals surface area contributed by atoms with Crippen LogP contribution in [0.25, 0.3) is 11.3 Å². The molecular weight excluding hydrogens is 320 g/mol. The Hall–Kier alpha value is -2.73. The van der Waals surface area contributed by atoms with Crippen LogP contribution in [0, 0.1) is 6.92 Å². The van der Waals surface area contributed by atoms with E-state index >= 15 is 0 Å². The molecule has 3 rings (SSSR count). The van der Waals surface area contributed by atoms with E-state index < -0.39 is 0 Å². The molecular formula is C18H18N4OS. The van der Waals surface area contributed by atoms with Crippen molar-refractivity contribution in [1.82, 2.24) is 9.97 Å². The summed E-state index contributed by atoms with van der Waals surface area (Å²) >= 11 is 1.54. The van der Waals surface area contributed by atoms with E-state index in [1.807, 2.05) is 48.7 Å². The first-order valence-electron chi connectivity index (χ1n) is 7.68. The van der Waals surface area contributed by atoms with Crippen LogP contribution in [0.3, 0.4) is 0 Å². The third-order valence-electron chi connectivity index (χ3n) is 3.38. The summed E-state index contributed by atoms with van der Waals surface area (Å²) in [6.07, 6.45) is 2.09. The highest BCUT2D eigenvalue weighted by Crippen LogP contribution is 2.24. The Morgan fingerprint density at radius 3 is 2.75 bits per heavy atom. The number of pyridine rings is 1. The molecule has 0 unspecified atom stereocenters. The van der Waals surface area contributed by atoms with E-state index in [4.69, 9.17) is 0 Å². The zero-order chi connectivity index (χ0) is 16.8. The average Bonchev–Trinajstić information content (AvgIpc) is 3.07. The summed E-state index contributed by atoms with van der Waals surface area (Å²) in [6, 6.07) is 13.7. The van der Waals surface area contributed by atoms with Crippen molar-refractivity contribution < 1.29 is 4.79 Å². The van der Waals surface area contributed by atoms with Gasteiger partial charge in [0.15, 0.2) is 5.13 Å². The largest absolute Gasteiger partial charge is 0.361 e. The number of nitrogens with one attached hydrogen (secondary N) is 2. The molecule has 24 heavy (non-hydrogen) atoms. The van der Waals surface area contributed by atoms with E-state index in [-0.39, 0.29) is 5.91 Å². The van der Waals surface area contributed by atoms with Crippen LogP contribution in [0.1, 0.15) is 12.0 Å². The summed E-state index contributed by atoms with van der Waals surface area (Å²) in [6.45, 7) is 2.49. The fourth-order valence-electron chi connectivity index (χ4n) is 2.13. The number of carbonyl (C=O) groups excluding carboxylic acids is 1. The second-order valence-corrected chi connectivity index (χ2v) is 6.21. The molecule has 0 spiro atoms. The molecule has 0 fully saturated rings. The molecule has 0 radical (unpaired) electrons. The Morgan fingerprint density at radius 1 is 1.17 bits per heavy atom. The lowest BCUT2D eigenvalue weighted by Gasteiger charge is -2.05. The molecule has 0 aliphatic rings. The smallest absolute Gasteiger partial charge is 0.227 e. The molecule has 2 aromatic heterocycles. The van der Waals surface area contributed by atoms with Gasteiger partial charge in [-0.2, -0.15) is 0 Å². The average molecular weight is 338 g/mol. The topological polar surface area (TPSA) is 66.9 Å². The molecule has 2 N–H and O–H groups in total. The van der Waals surface area contributed by atoms with Gasteiger partial charge in [-0.25, -0.2) is 9.97 Å². The zero-order valence-electron chi connectivity index (χ0n) is 13.3. The third-order valence-corrected chi connectivity index (χ3v) is 4.18. The van der Waals surface area contributed by atoms with Crippen LogP contribution in [0.15, 0.2) is 54.0 Å². The van der Waals surface area contributed by atoms with Crippen LogP contribution in [-0.4, -0.2) is 22.4 Å². The highest BCUT2D eigenvalue weighted by Gasteiger charge is 2.06. The monoisotopic (exact) mass is 338 g/mol. The maximum atomic E-state index is 11.9. The first-order chi connectivity index (χ1) is 11.7. The van der Waals surface area contributed by atoms with E-state index in [1.54, 1.807) is 12.3 Å². The van der Waals surface area contributed by atoms with Crippen molar-refractivity contribution in [3.63, 3.8) is 0 Å². The van der Waals surface area contributed by atoms with E-state index in [9.17, 15) is 4.79 Å². The van der Waals surface area contributed by atoms with Gasteiger partial charge in [-0.15, -0.1) is 11.3 Å². The second kappa shape index (κ2) is 7.70. The Bertz CT molecular complexity index is 799. The highest BCUT2D eigenvalue weighted by molar-refractivity contribution is 7.14. The summed E-state index contributed by atoms with van der Waals surface area (Å²) in [4.78, 5) is 20.6. The molecule has 0 saturated carbocycles. The van der Waals surface area contributed by atoms with Gasteiger partial charge < -0.3 is 10.6 Å². The van der Waals surface area contributed by atoms with E-state index in [1.165, 1.54) is 11.3 Å². The summed E-state index contributed by atoms with van der Waals surface area (Å²) in [7, 11) is 0. The van der Waals surface area contributed by atoms with Crippen molar-refractivity contribution >= 4 is 28.2 Å². The molecule has 3 aromatic rings. The zero-order valence-corrected chi connectivity index (χ0v) is 14.1. The molecule has 6 heteroatoms. The number of amides is 1. The Morgan fingerprint density at radius 2 is 2.00 bits per heavy atom. The van der Waals surface area contributed by atoms with Gasteiger partial charge in [0, 0.05) is 30.1 Å². The maximum Gasteiger partial charge on any atom is 0.227 e. The van der Waals surface area contributed by atoms with Gasteiger partial charge in [-0.1, -0.05) is 36.4 Å². The number of thiazole rings is 1.